The highest BCUT2D eigenvalue weighted by Gasteiger charge is 2.51. The third-order valence-corrected chi connectivity index (χ3v) is 13.5. The molecule has 3 aliphatic rings. The van der Waals surface area contributed by atoms with E-state index in [1.54, 1.807) is 75.4 Å². The number of fused-ring (bicyclic) bond motifs is 2. The van der Waals surface area contributed by atoms with Crippen LogP contribution < -0.4 is 5.73 Å². The van der Waals surface area contributed by atoms with Crippen LogP contribution in [0.3, 0.4) is 0 Å². The molecule has 19 atom stereocenters. The summed E-state index contributed by atoms with van der Waals surface area (Å²) in [5.41, 5.74) is 6.78. The van der Waals surface area contributed by atoms with Crippen molar-refractivity contribution in [1.29, 1.82) is 0 Å². The fourth-order valence-electron chi connectivity index (χ4n) is 9.04. The van der Waals surface area contributed by atoms with Crippen LogP contribution in [0, 0.1) is 11.8 Å². The summed E-state index contributed by atoms with van der Waals surface area (Å²) in [6.45, 7) is 6.83. The van der Waals surface area contributed by atoms with Gasteiger partial charge < -0.3 is 80.3 Å². The number of rotatable bonds is 4. The predicted molar refractivity (Wildman–Crippen MR) is 268 cm³/mol. The summed E-state index contributed by atoms with van der Waals surface area (Å²) >= 11 is 0. The number of allylic oxidation sites excluding steroid dienone is 12. The summed E-state index contributed by atoms with van der Waals surface area (Å²) in [4.78, 5) is 17.3. The van der Waals surface area contributed by atoms with E-state index in [2.05, 4.69) is 10.1 Å². The monoisotopic (exact) mass is 1020 g/mol. The maximum absolute atomic E-state index is 12.7. The fourth-order valence-corrected chi connectivity index (χ4v) is 9.04. The molecule has 1 aromatic heterocycles. The second-order valence-corrected chi connectivity index (χ2v) is 19.6. The Morgan fingerprint density at radius 2 is 1.27 bits per heavy atom. The van der Waals surface area contributed by atoms with Gasteiger partial charge in [-0.05, 0) is 33.1 Å². The summed E-state index contributed by atoms with van der Waals surface area (Å²) in [5, 5.41) is 115. The molecule has 73 heavy (non-hydrogen) atoms. The van der Waals surface area contributed by atoms with Gasteiger partial charge in [0.25, 0.3) is 0 Å². The SMILES string of the molecule is C[C@@H]1[C@H](O)[C@@H](C)/C=C/C=C/C=C/C=C/C=C/C=C/C=C/[C@H](O[C@@H]2O[C@H](C)[C@@H](O)[C@H](N)[C@@H]2O)C[C@@H]2O[C@](O)(C[C@@H](O)C[C@@H](O)[C@H](O)CC[C@@H](O)C[C@@H](O)CC(=O)O[C@H]1C)C[C@H](O)[C@H]2c1nc(-c2ccccc2)no1. The number of carbonyl (C=O) groups excluding carboxylic acids is 1. The lowest BCUT2D eigenvalue weighted by Gasteiger charge is -2.45. The normalized spacial score (nSPS) is 41.8. The van der Waals surface area contributed by atoms with Gasteiger partial charge >= 0.3 is 5.97 Å². The largest absolute Gasteiger partial charge is 0.462 e. The molecule has 0 saturated carbocycles. The third kappa shape index (κ3) is 18.4. The van der Waals surface area contributed by atoms with Gasteiger partial charge in [0.2, 0.25) is 11.7 Å². The number of hydrogen-bond donors (Lipinski definition) is 11. The Labute approximate surface area is 427 Å². The molecule has 19 nitrogen and oxygen atoms in total. The number of esters is 1. The van der Waals surface area contributed by atoms with Crippen LogP contribution in [0.5, 0.6) is 0 Å². The molecule has 2 aromatic rings. The molecule has 1 aromatic carbocycles. The van der Waals surface area contributed by atoms with E-state index in [4.69, 9.17) is 29.2 Å². The maximum Gasteiger partial charge on any atom is 0.308 e. The van der Waals surface area contributed by atoms with E-state index in [9.17, 15) is 55.9 Å². The summed E-state index contributed by atoms with van der Waals surface area (Å²) in [6, 6.07) is 7.85. The molecule has 12 N–H and O–H groups in total. The minimum Gasteiger partial charge on any atom is -0.462 e. The summed E-state index contributed by atoms with van der Waals surface area (Å²) in [7, 11) is 0. The molecule has 19 heteroatoms. The van der Waals surface area contributed by atoms with E-state index in [-0.39, 0.29) is 43.3 Å². The molecule has 2 bridgehead atoms. The molecule has 404 valence electrons. The molecular formula is C54H77N3O16. The van der Waals surface area contributed by atoms with E-state index in [0.29, 0.717) is 5.56 Å². The first-order valence-electron chi connectivity index (χ1n) is 25.1. The van der Waals surface area contributed by atoms with E-state index in [0.717, 1.165) is 0 Å². The fraction of sp³-hybridized carbons (Fsp3) is 0.574. The summed E-state index contributed by atoms with van der Waals surface area (Å²) < 4.78 is 29.8. The number of aliphatic hydroxyl groups excluding tert-OH is 9. The number of benzene rings is 1. The molecule has 2 fully saturated rings. The minimum absolute atomic E-state index is 0.0250. The Morgan fingerprint density at radius 1 is 0.658 bits per heavy atom. The molecule has 2 saturated heterocycles. The average molecular weight is 1020 g/mol. The zero-order valence-electron chi connectivity index (χ0n) is 41.9. The molecule has 0 aliphatic carbocycles. The van der Waals surface area contributed by atoms with Crippen LogP contribution >= 0.6 is 0 Å². The number of nitrogens with zero attached hydrogens (tertiary/aromatic N) is 2. The van der Waals surface area contributed by atoms with Crippen molar-refractivity contribution in [3.63, 3.8) is 0 Å². The Bertz CT molecular complexity index is 2180. The van der Waals surface area contributed by atoms with E-state index in [1.807, 2.05) is 67.7 Å². The molecule has 3 aliphatic heterocycles. The van der Waals surface area contributed by atoms with Crippen LogP contribution in [0.4, 0.5) is 0 Å². The lowest BCUT2D eigenvalue weighted by atomic mass is 9.82. The highest BCUT2D eigenvalue weighted by molar-refractivity contribution is 5.70. The Hall–Kier alpha value is -4.55. The number of aromatic nitrogens is 2. The van der Waals surface area contributed by atoms with Crippen LogP contribution in [0.2, 0.25) is 0 Å². The molecule has 0 spiro atoms. The quantitative estimate of drug-likeness (QED) is 0.196. The Kier molecular flexibility index (Phi) is 23.5. The topological polar surface area (TPSA) is 321 Å². The molecule has 0 unspecified atom stereocenters. The predicted octanol–water partition coefficient (Wildman–Crippen LogP) is 2.84. The lowest BCUT2D eigenvalue weighted by Crippen LogP contribution is -2.61. The molecular weight excluding hydrogens is 947 g/mol. The van der Waals surface area contributed by atoms with Gasteiger partial charge in [-0.15, -0.1) is 0 Å². The molecule has 0 amide bonds. The van der Waals surface area contributed by atoms with Crippen molar-refractivity contribution in [3.8, 4) is 11.4 Å². The smallest absolute Gasteiger partial charge is 0.308 e. The average Bonchev–Trinajstić information content (AvgIpc) is 3.82. The zero-order chi connectivity index (χ0) is 53.2. The van der Waals surface area contributed by atoms with Crippen LogP contribution in [0.1, 0.15) is 90.9 Å². The molecule has 0 radical (unpaired) electrons. The molecule has 5 rings (SSSR count). The van der Waals surface area contributed by atoms with Gasteiger partial charge in [0.1, 0.15) is 12.2 Å². The highest BCUT2D eigenvalue weighted by atomic mass is 16.7. The lowest BCUT2D eigenvalue weighted by molar-refractivity contribution is -0.303. The maximum atomic E-state index is 12.7. The number of aliphatic hydroxyl groups is 10. The van der Waals surface area contributed by atoms with E-state index >= 15 is 0 Å². The van der Waals surface area contributed by atoms with Crippen LogP contribution in [-0.2, 0) is 23.7 Å². The first-order chi connectivity index (χ1) is 34.7. The first kappa shape index (κ1) is 59.3. The summed E-state index contributed by atoms with van der Waals surface area (Å²) in [6.07, 6.45) is 5.55. The number of hydrogen-bond acceptors (Lipinski definition) is 19. The van der Waals surface area contributed by atoms with Crippen molar-refractivity contribution >= 4 is 5.97 Å². The Morgan fingerprint density at radius 3 is 1.92 bits per heavy atom. The van der Waals surface area contributed by atoms with Gasteiger partial charge in [-0.25, -0.2) is 0 Å². The number of ether oxygens (including phenoxy) is 4. The van der Waals surface area contributed by atoms with Crippen LogP contribution in [-0.4, -0.2) is 165 Å². The van der Waals surface area contributed by atoms with Gasteiger partial charge in [-0.1, -0.05) is 134 Å². The standard InChI is InChI=1S/C54H77N3O16/c1-32-20-16-13-11-9-7-5-6-8-10-12-14-19-23-40(71-53-50(67)47(55)49(66)35(4)70-53)29-44-46(52-56-51(57-73-52)36-21-17-15-18-22-36)43(63)31-54(68,72-44)30-39(60)27-42(62)41(61)25-24-37(58)26-38(59)28-45(64)69-34(3)33(2)48(32)65/h5-23,32-35,37-44,46-50,53,58-63,65-68H,24-31,55H2,1-4H3/b6-5+,9-7+,10-8+,13-11+,14-12+,20-16+,23-19+/t32-,33-,34-,35+,37+,38+,39-,40-,41+,42+,43-,44-,46+,47-,48+,49+,50-,53-,54+/m0/s1. The first-order valence-corrected chi connectivity index (χ1v) is 25.1. The summed E-state index contributed by atoms with van der Waals surface area (Å²) in [5.74, 6) is -4.56. The van der Waals surface area contributed by atoms with Gasteiger partial charge in [-0.2, -0.15) is 4.98 Å². The third-order valence-electron chi connectivity index (χ3n) is 13.5. The van der Waals surface area contributed by atoms with Crippen molar-refractivity contribution in [1.82, 2.24) is 10.1 Å². The van der Waals surface area contributed by atoms with Gasteiger partial charge in [0.15, 0.2) is 12.1 Å². The van der Waals surface area contributed by atoms with Crippen molar-refractivity contribution in [2.45, 2.75) is 182 Å². The number of cyclic esters (lactones) is 1. The van der Waals surface area contributed by atoms with Crippen molar-refractivity contribution in [2.24, 2.45) is 17.6 Å². The zero-order valence-corrected chi connectivity index (χ0v) is 41.9. The number of nitrogens with two attached hydrogens (primary N) is 1. The second-order valence-electron chi connectivity index (χ2n) is 19.6. The van der Waals surface area contributed by atoms with Gasteiger partial charge in [-0.3, -0.25) is 4.79 Å². The van der Waals surface area contributed by atoms with Crippen LogP contribution in [0.25, 0.3) is 11.4 Å². The van der Waals surface area contributed by atoms with Crippen molar-refractivity contribution < 1.29 is 79.3 Å². The van der Waals surface area contributed by atoms with E-state index in [1.165, 1.54) is 0 Å². The second kappa shape index (κ2) is 28.9. The minimum atomic E-state index is -2.24. The van der Waals surface area contributed by atoms with E-state index < -0.39 is 141 Å². The van der Waals surface area contributed by atoms with Gasteiger partial charge in [0, 0.05) is 43.1 Å². The molecule has 4 heterocycles. The van der Waals surface area contributed by atoms with Crippen molar-refractivity contribution in [2.75, 3.05) is 0 Å². The van der Waals surface area contributed by atoms with Gasteiger partial charge in [0.05, 0.1) is 85.5 Å². The number of carbonyl (C=O) groups is 1. The highest BCUT2D eigenvalue weighted by Crippen LogP contribution is 2.42. The van der Waals surface area contributed by atoms with Crippen LogP contribution in [0.15, 0.2) is 120 Å². The van der Waals surface area contributed by atoms with Crippen molar-refractivity contribution in [3.05, 3.63) is 121 Å². The Balaban J connectivity index is 1.41.